The van der Waals surface area contributed by atoms with E-state index in [-0.39, 0.29) is 30.6 Å². The topological polar surface area (TPSA) is 54.5 Å². The zero-order chi connectivity index (χ0) is 30.2. The summed E-state index contributed by atoms with van der Waals surface area (Å²) >= 11 is 0. The summed E-state index contributed by atoms with van der Waals surface area (Å²) in [6.45, 7) is 21.7. The number of ketones is 1. The van der Waals surface area contributed by atoms with E-state index in [0.717, 1.165) is 35.2 Å². The predicted molar refractivity (Wildman–Crippen MR) is 160 cm³/mol. The summed E-state index contributed by atoms with van der Waals surface area (Å²) in [7, 11) is 0. The van der Waals surface area contributed by atoms with Crippen LogP contribution in [0.1, 0.15) is 118 Å². The van der Waals surface area contributed by atoms with Gasteiger partial charge in [0.15, 0.2) is 5.78 Å². The molecule has 1 aliphatic rings. The lowest BCUT2D eigenvalue weighted by atomic mass is 9.87. The number of H-pyrrole nitrogens is 1. The quantitative estimate of drug-likeness (QED) is 0.188. The molecule has 0 amide bonds. The van der Waals surface area contributed by atoms with E-state index in [1.165, 1.54) is 19.4 Å². The van der Waals surface area contributed by atoms with Crippen molar-refractivity contribution in [2.45, 2.75) is 120 Å². The van der Waals surface area contributed by atoms with E-state index in [1.807, 2.05) is 26.1 Å². The van der Waals surface area contributed by atoms with E-state index in [1.54, 1.807) is 13.0 Å². The summed E-state index contributed by atoms with van der Waals surface area (Å²) in [5.41, 5.74) is 4.59. The van der Waals surface area contributed by atoms with Gasteiger partial charge in [-0.15, -0.1) is 0 Å². The van der Waals surface area contributed by atoms with E-state index in [2.05, 4.69) is 51.2 Å². The number of halogens is 3. The molecule has 0 aliphatic heterocycles. The Bertz CT molecular complexity index is 963. The van der Waals surface area contributed by atoms with E-state index >= 15 is 0 Å². The van der Waals surface area contributed by atoms with Crippen molar-refractivity contribution < 1.29 is 22.7 Å². The molecule has 0 spiro atoms. The Morgan fingerprint density at radius 2 is 1.72 bits per heavy atom. The van der Waals surface area contributed by atoms with E-state index < -0.39 is 12.1 Å². The van der Waals surface area contributed by atoms with Crippen molar-refractivity contribution in [1.82, 2.24) is 4.98 Å². The number of ether oxygens (including phenoxy) is 1. The second kappa shape index (κ2) is 18.7. The number of nitrogens with one attached hydrogen (secondary N) is 1. The minimum Gasteiger partial charge on any atom is -0.474 e. The van der Waals surface area contributed by atoms with Crippen LogP contribution in [0, 0.1) is 11.8 Å². The molecule has 39 heavy (non-hydrogen) atoms. The fourth-order valence-corrected chi connectivity index (χ4v) is 4.26. The van der Waals surface area contributed by atoms with Gasteiger partial charge in [0.2, 0.25) is 5.90 Å². The Morgan fingerprint density at radius 1 is 1.15 bits per heavy atom. The van der Waals surface area contributed by atoms with E-state index in [9.17, 15) is 18.0 Å². The average Bonchev–Trinajstić information content (AvgIpc) is 3.29. The van der Waals surface area contributed by atoms with Crippen LogP contribution in [-0.4, -0.2) is 28.9 Å². The molecule has 2 rings (SSSR count). The van der Waals surface area contributed by atoms with Gasteiger partial charge >= 0.3 is 6.18 Å². The van der Waals surface area contributed by atoms with Crippen LogP contribution >= 0.6 is 0 Å². The van der Waals surface area contributed by atoms with Gasteiger partial charge in [-0.3, -0.25) is 4.79 Å². The van der Waals surface area contributed by atoms with Crippen LogP contribution < -0.4 is 0 Å². The van der Waals surface area contributed by atoms with Crippen molar-refractivity contribution in [2.24, 2.45) is 16.8 Å². The van der Waals surface area contributed by atoms with Gasteiger partial charge < -0.3 is 9.72 Å². The molecule has 0 aromatic carbocycles. The van der Waals surface area contributed by atoms with Crippen LogP contribution in [-0.2, 0) is 16.0 Å². The normalized spacial score (nSPS) is 19.0. The maximum atomic E-state index is 13.1. The van der Waals surface area contributed by atoms with Gasteiger partial charge in [0.1, 0.15) is 6.10 Å². The van der Waals surface area contributed by atoms with Crippen molar-refractivity contribution in [3.05, 3.63) is 47.4 Å². The number of hydrogen-bond donors (Lipinski definition) is 1. The first kappa shape index (κ1) is 36.4. The van der Waals surface area contributed by atoms with Crippen LogP contribution in [0.2, 0.25) is 0 Å². The molecule has 4 nitrogen and oxygen atoms in total. The molecule has 222 valence electrons. The molecule has 7 heteroatoms. The van der Waals surface area contributed by atoms with Crippen molar-refractivity contribution in [3.63, 3.8) is 0 Å². The third-order valence-corrected chi connectivity index (χ3v) is 6.32. The number of alkyl halides is 3. The molecular formula is C32H51F3N2O2. The monoisotopic (exact) mass is 552 g/mol. The van der Waals surface area contributed by atoms with Crippen molar-refractivity contribution in [3.8, 4) is 0 Å². The molecular weight excluding hydrogens is 501 g/mol. The summed E-state index contributed by atoms with van der Waals surface area (Å²) in [5.74, 6) is -0.720. The van der Waals surface area contributed by atoms with E-state index in [4.69, 9.17) is 4.74 Å². The lowest BCUT2D eigenvalue weighted by molar-refractivity contribution is -0.185. The number of aromatic amines is 1. The molecule has 1 aromatic rings. The number of carbonyl (C=O) groups is 1. The molecule has 1 N–H and O–H groups in total. The number of rotatable bonds is 9. The molecule has 1 atom stereocenters. The highest BCUT2D eigenvalue weighted by Crippen LogP contribution is 2.38. The number of allylic oxidation sites excluding steroid dienone is 3. The summed E-state index contributed by atoms with van der Waals surface area (Å²) < 4.78 is 45.3. The number of nitrogens with zero attached hydrogens (tertiary/aromatic N) is 1. The molecule has 0 saturated heterocycles. The van der Waals surface area contributed by atoms with Gasteiger partial charge in [0, 0.05) is 23.7 Å². The van der Waals surface area contributed by atoms with Crippen molar-refractivity contribution in [2.75, 3.05) is 0 Å². The number of hydrogen-bond acceptors (Lipinski definition) is 3. The summed E-state index contributed by atoms with van der Waals surface area (Å²) in [6.07, 6.45) is 6.43. The zero-order valence-corrected chi connectivity index (χ0v) is 25.6. The van der Waals surface area contributed by atoms with Gasteiger partial charge in [0.25, 0.3) is 0 Å². The van der Waals surface area contributed by atoms with Crippen LogP contribution in [0.3, 0.4) is 0 Å². The fraction of sp³-hybridized carbons (Fsp3) is 0.625. The minimum absolute atomic E-state index is 0.0274. The lowest BCUT2D eigenvalue weighted by Crippen LogP contribution is -2.31. The largest absolute Gasteiger partial charge is 0.474 e. The Kier molecular flexibility index (Phi) is 17.4. The SMILES string of the molecule is C=C(C)N=C(/C=C(/c1c[nH]c(/C=C\C(C)=O)c1CC)C(C)CC)OC1CCC(C(F)(F)F)CC1.CC.CCC. The van der Waals surface area contributed by atoms with E-state index in [0.29, 0.717) is 24.4 Å². The maximum Gasteiger partial charge on any atom is 0.391 e. The fourth-order valence-electron chi connectivity index (χ4n) is 4.26. The number of carbonyl (C=O) groups excluding carboxylic acids is 1. The first-order chi connectivity index (χ1) is 18.4. The van der Waals surface area contributed by atoms with Gasteiger partial charge in [-0.2, -0.15) is 13.2 Å². The molecule has 1 fully saturated rings. The smallest absolute Gasteiger partial charge is 0.391 e. The van der Waals surface area contributed by atoms with Crippen molar-refractivity contribution >= 4 is 23.3 Å². The minimum atomic E-state index is -4.15. The second-order valence-corrected chi connectivity index (χ2v) is 9.83. The van der Waals surface area contributed by atoms with Gasteiger partial charge in [-0.25, -0.2) is 4.99 Å². The lowest BCUT2D eigenvalue weighted by Gasteiger charge is -2.30. The zero-order valence-electron chi connectivity index (χ0n) is 25.6. The Morgan fingerprint density at radius 3 is 2.15 bits per heavy atom. The molecule has 1 heterocycles. The highest BCUT2D eigenvalue weighted by molar-refractivity contribution is 5.97. The molecule has 1 saturated carbocycles. The maximum absolute atomic E-state index is 13.1. The Hall–Kier alpha value is -2.57. The molecule has 0 radical (unpaired) electrons. The third kappa shape index (κ3) is 12.9. The second-order valence-electron chi connectivity index (χ2n) is 9.83. The Labute approximate surface area is 234 Å². The molecule has 0 bridgehead atoms. The predicted octanol–water partition coefficient (Wildman–Crippen LogP) is 10.1. The Balaban J connectivity index is 0.00000269. The summed E-state index contributed by atoms with van der Waals surface area (Å²) in [6, 6.07) is 0. The molecule has 1 aliphatic carbocycles. The number of aromatic nitrogens is 1. The van der Waals surface area contributed by atoms with Crippen LogP contribution in [0.15, 0.2) is 35.6 Å². The molecule has 1 unspecified atom stereocenters. The average molecular weight is 553 g/mol. The standard InChI is InChI=1S/C27H37F3N2O2.C3H8.C2H6/c1-7-18(5)23(24-16-31-25(22(24)8-2)14-9-19(6)33)15-26(32-17(3)4)34-21-12-10-20(11-13-21)27(28,29)30;1-3-2;1-2/h9,14-16,18,20-21,31H,3,7-8,10-13H2,1-2,4-6H3;3H2,1-2H3;1-2H3/b14-9-,23-15+,32-26?;;. The van der Waals surface area contributed by atoms with Gasteiger partial charge in [-0.1, -0.05) is 61.5 Å². The van der Waals surface area contributed by atoms with Gasteiger partial charge in [-0.05, 0) is 87.1 Å². The highest BCUT2D eigenvalue weighted by atomic mass is 19.4. The molecule has 1 aromatic heterocycles. The van der Waals surface area contributed by atoms with Gasteiger partial charge in [0.05, 0.1) is 5.92 Å². The summed E-state index contributed by atoms with van der Waals surface area (Å²) in [5, 5.41) is 0. The van der Waals surface area contributed by atoms with Crippen LogP contribution in [0.25, 0.3) is 11.6 Å². The number of aliphatic imine (C=N–C) groups is 1. The first-order valence-corrected chi connectivity index (χ1v) is 14.5. The van der Waals surface area contributed by atoms with Crippen molar-refractivity contribution in [1.29, 1.82) is 0 Å². The van der Waals surface area contributed by atoms with Crippen LogP contribution in [0.4, 0.5) is 13.2 Å². The van der Waals surface area contributed by atoms with Crippen LogP contribution in [0.5, 0.6) is 0 Å². The summed E-state index contributed by atoms with van der Waals surface area (Å²) in [4.78, 5) is 19.2. The third-order valence-electron chi connectivity index (χ3n) is 6.32. The highest BCUT2D eigenvalue weighted by Gasteiger charge is 2.41. The first-order valence-electron chi connectivity index (χ1n) is 14.5.